The van der Waals surface area contributed by atoms with Crippen LogP contribution in [0.4, 0.5) is 5.82 Å². The van der Waals surface area contributed by atoms with Gasteiger partial charge in [-0.1, -0.05) is 5.16 Å². The normalized spacial score (nSPS) is 18.5. The lowest BCUT2D eigenvalue weighted by Gasteiger charge is -2.23. The van der Waals surface area contributed by atoms with Crippen LogP contribution in [0.25, 0.3) is 0 Å². The van der Waals surface area contributed by atoms with Crippen LogP contribution in [0.2, 0.25) is 0 Å². The maximum Gasteiger partial charge on any atom is 0.275 e. The second-order valence-electron chi connectivity index (χ2n) is 6.18. The fraction of sp³-hybridized carbons (Fsp3) is 0.375. The number of sulfone groups is 1. The lowest BCUT2D eigenvalue weighted by atomic mass is 10.1. The molecular formula is C16H18N4O5S. The molecule has 1 saturated heterocycles. The minimum Gasteiger partial charge on any atom is -0.360 e. The molecule has 3 rings (SSSR count). The standard InChI is InChI=1S/C16H18N4O5S/c1-10-7-14(19-25-10)18-15(21)13-8-11(3-5-17-13)16(22)20(2)12-4-6-26(23,24)9-12/h3,5,7-8,12H,4,6,9H2,1-2H3,(H,18,19,21). The van der Waals surface area contributed by atoms with Gasteiger partial charge in [0.2, 0.25) is 0 Å². The van der Waals surface area contributed by atoms with E-state index in [1.54, 1.807) is 20.0 Å². The Kier molecular flexibility index (Phi) is 4.77. The summed E-state index contributed by atoms with van der Waals surface area (Å²) < 4.78 is 28.1. The molecule has 0 aliphatic carbocycles. The number of carbonyl (C=O) groups excluding carboxylic acids is 2. The first kappa shape index (κ1) is 18.1. The molecule has 3 heterocycles. The van der Waals surface area contributed by atoms with Crippen molar-refractivity contribution in [3.05, 3.63) is 41.4 Å². The number of nitrogens with zero attached hydrogens (tertiary/aromatic N) is 3. The van der Waals surface area contributed by atoms with E-state index in [-0.39, 0.29) is 40.5 Å². The third-order valence-electron chi connectivity index (χ3n) is 4.19. The average Bonchev–Trinajstić information content (AvgIpc) is 3.18. The van der Waals surface area contributed by atoms with Gasteiger partial charge in [-0.05, 0) is 25.5 Å². The number of rotatable bonds is 4. The Morgan fingerprint density at radius 1 is 1.35 bits per heavy atom. The molecule has 138 valence electrons. The quantitative estimate of drug-likeness (QED) is 0.838. The lowest BCUT2D eigenvalue weighted by Crippen LogP contribution is -2.38. The molecule has 0 saturated carbocycles. The van der Waals surface area contributed by atoms with Crippen LogP contribution in [0.1, 0.15) is 33.0 Å². The van der Waals surface area contributed by atoms with Gasteiger partial charge in [0.1, 0.15) is 11.5 Å². The third kappa shape index (κ3) is 3.90. The highest BCUT2D eigenvalue weighted by Gasteiger charge is 2.33. The molecule has 2 amide bonds. The molecule has 1 N–H and O–H groups in total. The highest BCUT2D eigenvalue weighted by Crippen LogP contribution is 2.19. The Hall–Kier alpha value is -2.75. The van der Waals surface area contributed by atoms with E-state index in [0.717, 1.165) is 0 Å². The molecule has 10 heteroatoms. The maximum atomic E-state index is 12.6. The summed E-state index contributed by atoms with van der Waals surface area (Å²) in [7, 11) is -1.53. The minimum absolute atomic E-state index is 0.0425. The number of hydrogen-bond donors (Lipinski definition) is 1. The predicted octanol–water partition coefficient (Wildman–Crippen LogP) is 0.889. The molecule has 1 unspecified atom stereocenters. The summed E-state index contributed by atoms with van der Waals surface area (Å²) in [5.41, 5.74) is 0.303. The average molecular weight is 378 g/mol. The van der Waals surface area contributed by atoms with Gasteiger partial charge in [0.05, 0.1) is 11.5 Å². The molecule has 9 nitrogen and oxygen atoms in total. The van der Waals surface area contributed by atoms with E-state index in [2.05, 4.69) is 15.5 Å². The molecule has 1 fully saturated rings. The summed E-state index contributed by atoms with van der Waals surface area (Å²) in [5, 5.41) is 6.20. The largest absolute Gasteiger partial charge is 0.360 e. The van der Waals surface area contributed by atoms with E-state index < -0.39 is 15.7 Å². The van der Waals surface area contributed by atoms with Gasteiger partial charge < -0.3 is 14.7 Å². The molecule has 2 aromatic heterocycles. The van der Waals surface area contributed by atoms with Crippen molar-refractivity contribution in [1.82, 2.24) is 15.0 Å². The first-order valence-electron chi connectivity index (χ1n) is 7.93. The molecule has 0 bridgehead atoms. The Labute approximate surface area is 150 Å². The van der Waals surface area contributed by atoms with Crippen LogP contribution < -0.4 is 5.32 Å². The van der Waals surface area contributed by atoms with Crippen molar-refractivity contribution < 1.29 is 22.5 Å². The van der Waals surface area contributed by atoms with Crippen LogP contribution in [-0.4, -0.2) is 59.9 Å². The van der Waals surface area contributed by atoms with Gasteiger partial charge >= 0.3 is 0 Å². The Balaban J connectivity index is 1.74. The topological polar surface area (TPSA) is 122 Å². The van der Waals surface area contributed by atoms with Crippen molar-refractivity contribution in [2.45, 2.75) is 19.4 Å². The van der Waals surface area contributed by atoms with Gasteiger partial charge in [-0.3, -0.25) is 14.6 Å². The molecule has 0 aromatic carbocycles. The third-order valence-corrected chi connectivity index (χ3v) is 5.94. The van der Waals surface area contributed by atoms with Gasteiger partial charge in [-0.25, -0.2) is 8.42 Å². The molecule has 1 atom stereocenters. The number of aromatic nitrogens is 2. The van der Waals surface area contributed by atoms with E-state index in [4.69, 9.17) is 4.52 Å². The predicted molar refractivity (Wildman–Crippen MR) is 92.6 cm³/mol. The Morgan fingerprint density at radius 2 is 2.12 bits per heavy atom. The number of amides is 2. The van der Waals surface area contributed by atoms with Crippen molar-refractivity contribution >= 4 is 27.5 Å². The first-order valence-corrected chi connectivity index (χ1v) is 9.75. The van der Waals surface area contributed by atoms with E-state index in [9.17, 15) is 18.0 Å². The minimum atomic E-state index is -3.10. The number of hydrogen-bond acceptors (Lipinski definition) is 7. The summed E-state index contributed by atoms with van der Waals surface area (Å²) in [6.07, 6.45) is 1.77. The maximum absolute atomic E-state index is 12.6. The Morgan fingerprint density at radius 3 is 2.73 bits per heavy atom. The van der Waals surface area contributed by atoms with Gasteiger partial charge in [0.15, 0.2) is 15.7 Å². The summed E-state index contributed by atoms with van der Waals surface area (Å²) in [5.74, 6) is -0.0558. The van der Waals surface area contributed by atoms with Gasteiger partial charge in [-0.15, -0.1) is 0 Å². The lowest BCUT2D eigenvalue weighted by molar-refractivity contribution is 0.0747. The summed E-state index contributed by atoms with van der Waals surface area (Å²) >= 11 is 0. The monoisotopic (exact) mass is 378 g/mol. The summed E-state index contributed by atoms with van der Waals surface area (Å²) in [6.45, 7) is 1.69. The molecule has 1 aliphatic heterocycles. The van der Waals surface area contributed by atoms with Crippen molar-refractivity contribution in [3.8, 4) is 0 Å². The number of anilines is 1. The van der Waals surface area contributed by atoms with Crippen LogP contribution >= 0.6 is 0 Å². The van der Waals surface area contributed by atoms with Crippen LogP contribution in [0.15, 0.2) is 28.9 Å². The summed E-state index contributed by atoms with van der Waals surface area (Å²) in [4.78, 5) is 30.2. The van der Waals surface area contributed by atoms with Crippen LogP contribution in [0.3, 0.4) is 0 Å². The van der Waals surface area contributed by atoms with E-state index in [1.165, 1.54) is 23.2 Å². The fourth-order valence-corrected chi connectivity index (χ4v) is 4.52. The van der Waals surface area contributed by atoms with Crippen molar-refractivity contribution in [1.29, 1.82) is 0 Å². The highest BCUT2D eigenvalue weighted by atomic mass is 32.2. The molecule has 26 heavy (non-hydrogen) atoms. The molecule has 2 aromatic rings. The van der Waals surface area contributed by atoms with Crippen molar-refractivity contribution in [2.24, 2.45) is 0 Å². The number of nitrogens with one attached hydrogen (secondary N) is 1. The second kappa shape index (κ2) is 6.87. The summed E-state index contributed by atoms with van der Waals surface area (Å²) in [6, 6.07) is 4.04. The molecule has 1 aliphatic rings. The van der Waals surface area contributed by atoms with Crippen LogP contribution in [0, 0.1) is 6.92 Å². The second-order valence-corrected chi connectivity index (χ2v) is 8.41. The first-order chi connectivity index (χ1) is 12.2. The zero-order valence-electron chi connectivity index (χ0n) is 14.3. The Bertz CT molecular complexity index is 953. The van der Waals surface area contributed by atoms with Crippen molar-refractivity contribution in [2.75, 3.05) is 23.9 Å². The van der Waals surface area contributed by atoms with Crippen LogP contribution in [-0.2, 0) is 9.84 Å². The smallest absolute Gasteiger partial charge is 0.275 e. The fourth-order valence-electron chi connectivity index (χ4n) is 2.74. The molecular weight excluding hydrogens is 360 g/mol. The van der Waals surface area contributed by atoms with Crippen molar-refractivity contribution in [3.63, 3.8) is 0 Å². The highest BCUT2D eigenvalue weighted by molar-refractivity contribution is 7.91. The van der Waals surface area contributed by atoms with Gasteiger partial charge in [-0.2, -0.15) is 0 Å². The zero-order valence-corrected chi connectivity index (χ0v) is 15.1. The number of aryl methyl sites for hydroxylation is 1. The van der Waals surface area contributed by atoms with Crippen LogP contribution in [0.5, 0.6) is 0 Å². The van der Waals surface area contributed by atoms with E-state index >= 15 is 0 Å². The number of carbonyl (C=O) groups is 2. The molecule has 0 radical (unpaired) electrons. The number of pyridine rings is 1. The SMILES string of the molecule is Cc1cc(NC(=O)c2cc(C(=O)N(C)C3CCS(=O)(=O)C3)ccn2)no1. The zero-order chi connectivity index (χ0) is 18.9. The van der Waals surface area contributed by atoms with E-state index in [0.29, 0.717) is 12.2 Å². The van der Waals surface area contributed by atoms with E-state index in [1.807, 2.05) is 0 Å². The van der Waals surface area contributed by atoms with Gasteiger partial charge in [0, 0.05) is 30.9 Å². The molecule has 0 spiro atoms. The van der Waals surface area contributed by atoms with Gasteiger partial charge in [0.25, 0.3) is 11.8 Å².